The zero-order chi connectivity index (χ0) is 24.2. The van der Waals surface area contributed by atoms with Crippen LogP contribution >= 0.6 is 0 Å². The van der Waals surface area contributed by atoms with E-state index in [-0.39, 0.29) is 40.4 Å². The van der Waals surface area contributed by atoms with Crippen molar-refractivity contribution in [1.29, 1.82) is 0 Å². The molecular formula is C23H26N2O7S. The first-order valence-corrected chi connectivity index (χ1v) is 12.0. The Bertz CT molecular complexity index is 1160. The summed E-state index contributed by atoms with van der Waals surface area (Å²) < 4.78 is 32.9. The Morgan fingerprint density at radius 3 is 2.45 bits per heavy atom. The summed E-state index contributed by atoms with van der Waals surface area (Å²) in [6, 6.07) is 9.74. The minimum atomic E-state index is -3.99. The number of carbonyl (C=O) groups is 3. The summed E-state index contributed by atoms with van der Waals surface area (Å²) in [6.07, 6.45) is 1.37. The molecule has 1 saturated heterocycles. The first kappa shape index (κ1) is 24.2. The molecule has 176 valence electrons. The molecule has 1 fully saturated rings. The van der Waals surface area contributed by atoms with Crippen LogP contribution in [0.2, 0.25) is 0 Å². The number of carbonyl (C=O) groups excluding carboxylic acids is 2. The van der Waals surface area contributed by atoms with Crippen LogP contribution in [0.3, 0.4) is 0 Å². The molecule has 0 spiro atoms. The predicted octanol–water partition coefficient (Wildman–Crippen LogP) is 3.17. The van der Waals surface area contributed by atoms with Crippen molar-refractivity contribution in [2.75, 3.05) is 29.3 Å². The highest BCUT2D eigenvalue weighted by Crippen LogP contribution is 2.30. The molecule has 2 aromatic carbocycles. The summed E-state index contributed by atoms with van der Waals surface area (Å²) in [6.45, 7) is 4.30. The molecule has 1 aliphatic rings. The number of nitrogens with zero attached hydrogens (tertiary/aromatic N) is 1. The smallest absolute Gasteiger partial charge is 0.337 e. The minimum absolute atomic E-state index is 0.0539. The third kappa shape index (κ3) is 5.70. The van der Waals surface area contributed by atoms with Gasteiger partial charge in [0, 0.05) is 24.3 Å². The van der Waals surface area contributed by atoms with Gasteiger partial charge in [0.2, 0.25) is 0 Å². The Labute approximate surface area is 192 Å². The molecule has 1 aliphatic heterocycles. The summed E-state index contributed by atoms with van der Waals surface area (Å²) in [5.74, 6) is -2.05. The molecule has 0 amide bonds. The van der Waals surface area contributed by atoms with Crippen LogP contribution in [0.25, 0.3) is 0 Å². The number of rotatable bonds is 8. The minimum Gasteiger partial charge on any atom is -0.478 e. The first-order chi connectivity index (χ1) is 15.6. The van der Waals surface area contributed by atoms with Crippen LogP contribution in [0.1, 0.15) is 47.4 Å². The fourth-order valence-electron chi connectivity index (χ4n) is 3.78. The highest BCUT2D eigenvalue weighted by Gasteiger charge is 2.29. The fourth-order valence-corrected chi connectivity index (χ4v) is 4.83. The van der Waals surface area contributed by atoms with Crippen LogP contribution < -0.4 is 9.62 Å². The van der Waals surface area contributed by atoms with Gasteiger partial charge in [0.25, 0.3) is 10.0 Å². The molecular weight excluding hydrogens is 448 g/mol. The second-order valence-corrected chi connectivity index (χ2v) is 9.44. The van der Waals surface area contributed by atoms with E-state index in [1.807, 2.05) is 4.90 Å². The lowest BCUT2D eigenvalue weighted by Gasteiger charge is -2.34. The van der Waals surface area contributed by atoms with Gasteiger partial charge in [-0.3, -0.25) is 14.3 Å². The largest absolute Gasteiger partial charge is 0.478 e. The van der Waals surface area contributed by atoms with Gasteiger partial charge in [-0.05, 0) is 57.0 Å². The van der Waals surface area contributed by atoms with Crippen molar-refractivity contribution in [3.05, 3.63) is 53.6 Å². The summed E-state index contributed by atoms with van der Waals surface area (Å²) in [7, 11) is -3.99. The Balaban J connectivity index is 1.84. The molecule has 9 nitrogen and oxygen atoms in total. The Morgan fingerprint density at radius 2 is 1.85 bits per heavy atom. The summed E-state index contributed by atoms with van der Waals surface area (Å²) >= 11 is 0. The fraction of sp³-hybridized carbons (Fsp3) is 0.348. The monoisotopic (exact) mass is 474 g/mol. The topological polar surface area (TPSA) is 130 Å². The van der Waals surface area contributed by atoms with Crippen LogP contribution in [-0.2, 0) is 19.6 Å². The molecule has 1 unspecified atom stereocenters. The molecule has 0 bridgehead atoms. The van der Waals surface area contributed by atoms with Crippen molar-refractivity contribution in [2.24, 2.45) is 5.92 Å². The highest BCUT2D eigenvalue weighted by molar-refractivity contribution is 7.92. The lowest BCUT2D eigenvalue weighted by atomic mass is 9.97. The average Bonchev–Trinajstić information content (AvgIpc) is 2.79. The van der Waals surface area contributed by atoms with Gasteiger partial charge < -0.3 is 14.7 Å². The number of sulfonamides is 1. The summed E-state index contributed by atoms with van der Waals surface area (Å²) in [5.41, 5.74) is 0.803. The number of piperidine rings is 1. The number of ether oxygens (including phenoxy) is 1. The Kier molecular flexibility index (Phi) is 7.37. The van der Waals surface area contributed by atoms with Crippen LogP contribution in [0.5, 0.6) is 0 Å². The molecule has 0 radical (unpaired) electrons. The number of Topliss-reactive ketones (excluding diaryl/α,β-unsaturated/α-hetero) is 1. The van der Waals surface area contributed by atoms with Crippen LogP contribution in [0, 0.1) is 5.92 Å². The molecule has 1 atom stereocenters. The van der Waals surface area contributed by atoms with E-state index in [0.717, 1.165) is 0 Å². The van der Waals surface area contributed by atoms with E-state index in [2.05, 4.69) is 4.72 Å². The van der Waals surface area contributed by atoms with Crippen molar-refractivity contribution >= 4 is 39.1 Å². The van der Waals surface area contributed by atoms with Gasteiger partial charge in [0.1, 0.15) is 0 Å². The number of benzene rings is 2. The van der Waals surface area contributed by atoms with Crippen LogP contribution in [0.4, 0.5) is 11.4 Å². The predicted molar refractivity (Wildman–Crippen MR) is 122 cm³/mol. The van der Waals surface area contributed by atoms with Gasteiger partial charge in [-0.25, -0.2) is 13.2 Å². The maximum absolute atomic E-state index is 12.7. The quantitative estimate of drug-likeness (QED) is 0.441. The third-order valence-corrected chi connectivity index (χ3v) is 6.83. The number of ketones is 1. The molecule has 2 aromatic rings. The normalized spacial score (nSPS) is 16.2. The van der Waals surface area contributed by atoms with Crippen molar-refractivity contribution in [3.63, 3.8) is 0 Å². The van der Waals surface area contributed by atoms with E-state index in [1.54, 1.807) is 6.92 Å². The van der Waals surface area contributed by atoms with Gasteiger partial charge in [-0.2, -0.15) is 0 Å². The molecule has 2 N–H and O–H groups in total. The van der Waals surface area contributed by atoms with E-state index in [1.165, 1.54) is 49.4 Å². The number of carboxylic acid groups (broad SMARTS) is 1. The van der Waals surface area contributed by atoms with E-state index in [9.17, 15) is 27.9 Å². The number of hydrogen-bond acceptors (Lipinski definition) is 7. The third-order valence-electron chi connectivity index (χ3n) is 5.43. The SMILES string of the molecule is CCOC(=O)C1CCCN(c2ccc(NS(=O)(=O)c3ccc(C(C)=O)cc3)cc2C(=O)O)C1. The molecule has 3 rings (SSSR count). The van der Waals surface area contributed by atoms with Crippen molar-refractivity contribution in [3.8, 4) is 0 Å². The second kappa shape index (κ2) is 10.0. The number of anilines is 2. The van der Waals surface area contributed by atoms with Crippen molar-refractivity contribution in [2.45, 2.75) is 31.6 Å². The van der Waals surface area contributed by atoms with E-state index in [0.29, 0.717) is 37.2 Å². The maximum Gasteiger partial charge on any atom is 0.337 e. The summed E-state index contributed by atoms with van der Waals surface area (Å²) in [4.78, 5) is 37.2. The molecule has 10 heteroatoms. The second-order valence-electron chi connectivity index (χ2n) is 7.76. The van der Waals surface area contributed by atoms with Crippen molar-refractivity contribution in [1.82, 2.24) is 0 Å². The van der Waals surface area contributed by atoms with E-state index in [4.69, 9.17) is 4.74 Å². The van der Waals surface area contributed by atoms with Gasteiger partial charge in [0.15, 0.2) is 5.78 Å². The van der Waals surface area contributed by atoms with Gasteiger partial charge in [0.05, 0.1) is 28.7 Å². The molecule has 1 heterocycles. The standard InChI is InChI=1S/C23H26N2O7S/c1-3-32-23(29)17-5-4-12-25(14-17)21-11-8-18(13-20(21)22(27)28)24-33(30,31)19-9-6-16(7-10-19)15(2)26/h6-11,13,17,24H,3-5,12,14H2,1-2H3,(H,27,28). The first-order valence-electron chi connectivity index (χ1n) is 10.5. The lowest BCUT2D eigenvalue weighted by Crippen LogP contribution is -2.40. The van der Waals surface area contributed by atoms with Gasteiger partial charge >= 0.3 is 11.9 Å². The number of aromatic carboxylic acids is 1. The molecule has 0 aliphatic carbocycles. The van der Waals surface area contributed by atoms with Crippen LogP contribution in [-0.4, -0.2) is 50.9 Å². The molecule has 33 heavy (non-hydrogen) atoms. The average molecular weight is 475 g/mol. The number of carboxylic acids is 1. The Morgan fingerprint density at radius 1 is 1.15 bits per heavy atom. The van der Waals surface area contributed by atoms with Crippen molar-refractivity contribution < 1.29 is 32.6 Å². The molecule has 0 saturated carbocycles. The number of esters is 1. The van der Waals surface area contributed by atoms with Crippen LogP contribution in [0.15, 0.2) is 47.4 Å². The number of hydrogen-bond donors (Lipinski definition) is 2. The van der Waals surface area contributed by atoms with Gasteiger partial charge in [-0.15, -0.1) is 0 Å². The Hall–Kier alpha value is -3.40. The highest BCUT2D eigenvalue weighted by atomic mass is 32.2. The molecule has 0 aromatic heterocycles. The number of nitrogens with one attached hydrogen (secondary N) is 1. The zero-order valence-electron chi connectivity index (χ0n) is 18.4. The van der Waals surface area contributed by atoms with E-state index < -0.39 is 16.0 Å². The zero-order valence-corrected chi connectivity index (χ0v) is 19.2. The lowest BCUT2D eigenvalue weighted by molar-refractivity contribution is -0.148. The van der Waals surface area contributed by atoms with Gasteiger partial charge in [-0.1, -0.05) is 12.1 Å². The van der Waals surface area contributed by atoms with E-state index >= 15 is 0 Å². The summed E-state index contributed by atoms with van der Waals surface area (Å²) in [5, 5.41) is 9.75. The maximum atomic E-state index is 12.7.